The second-order valence-electron chi connectivity index (χ2n) is 9.55. The minimum Gasteiger partial charge on any atom is -0.459 e. The summed E-state index contributed by atoms with van der Waals surface area (Å²) >= 11 is 0. The Hall–Kier alpha value is -2.70. The fourth-order valence-corrected chi connectivity index (χ4v) is 3.16. The van der Waals surface area contributed by atoms with Crippen LogP contribution in [-0.2, 0) is 30.3 Å². The number of ether oxygens (including phenoxy) is 2. The summed E-state index contributed by atoms with van der Waals surface area (Å²) in [5.41, 5.74) is -0.296. The van der Waals surface area contributed by atoms with Gasteiger partial charge in [0.1, 0.15) is 23.5 Å². The Morgan fingerprint density at radius 1 is 1.00 bits per heavy atom. The van der Waals surface area contributed by atoms with Gasteiger partial charge in [-0.2, -0.15) is 5.10 Å². The highest BCUT2D eigenvalue weighted by Crippen LogP contribution is 2.28. The molecule has 0 fully saturated rings. The van der Waals surface area contributed by atoms with Gasteiger partial charge < -0.3 is 9.47 Å². The van der Waals surface area contributed by atoms with Crippen molar-refractivity contribution in [3.63, 3.8) is 0 Å². The lowest BCUT2D eigenvalue weighted by molar-refractivity contribution is -0.160. The molecule has 0 saturated heterocycles. The van der Waals surface area contributed by atoms with Crippen LogP contribution in [0.4, 0.5) is 0 Å². The van der Waals surface area contributed by atoms with Crippen molar-refractivity contribution in [3.05, 3.63) is 35.9 Å². The number of amides is 1. The first-order valence-corrected chi connectivity index (χ1v) is 10.2. The fourth-order valence-electron chi connectivity index (χ4n) is 3.16. The minimum atomic E-state index is -0.703. The Kier molecular flexibility index (Phi) is 7.06. The number of esters is 2. The summed E-state index contributed by atoms with van der Waals surface area (Å²) in [5.74, 6) is -2.49. The maximum atomic E-state index is 13.2. The van der Waals surface area contributed by atoms with Crippen LogP contribution in [0.5, 0.6) is 0 Å². The molecule has 7 nitrogen and oxygen atoms in total. The van der Waals surface area contributed by atoms with Crippen molar-refractivity contribution >= 4 is 23.6 Å². The number of carbonyl (C=O) groups excluding carboxylic acids is 3. The molecule has 0 spiro atoms. The van der Waals surface area contributed by atoms with Gasteiger partial charge in [-0.15, -0.1) is 0 Å². The normalized spacial score (nSPS) is 19.9. The molecule has 2 atom stereocenters. The number of nitrogens with zero attached hydrogens (tertiary/aromatic N) is 2. The second-order valence-corrected chi connectivity index (χ2v) is 9.55. The SMILES string of the molecule is C[C@@H]1C(C(=O)OC(C)(C)C)=NN(CC(=O)OC(C)(C)C)C(=O)[C@@H]1Cc1ccccc1. The summed E-state index contributed by atoms with van der Waals surface area (Å²) in [6.45, 7) is 12.0. The lowest BCUT2D eigenvalue weighted by atomic mass is 9.82. The molecule has 1 aliphatic rings. The molecule has 0 saturated carbocycles. The number of benzene rings is 1. The number of hydrazone groups is 1. The lowest BCUT2D eigenvalue weighted by Crippen LogP contribution is -2.49. The van der Waals surface area contributed by atoms with E-state index in [1.165, 1.54) is 0 Å². The first-order chi connectivity index (χ1) is 13.8. The van der Waals surface area contributed by atoms with Crippen LogP contribution in [0.1, 0.15) is 54.0 Å². The summed E-state index contributed by atoms with van der Waals surface area (Å²) in [6.07, 6.45) is 0.424. The molecular formula is C23H32N2O5. The molecule has 0 N–H and O–H groups in total. The van der Waals surface area contributed by atoms with E-state index in [9.17, 15) is 14.4 Å². The molecule has 0 unspecified atom stereocenters. The van der Waals surface area contributed by atoms with E-state index in [0.717, 1.165) is 10.6 Å². The van der Waals surface area contributed by atoms with Gasteiger partial charge in [0.25, 0.3) is 0 Å². The van der Waals surface area contributed by atoms with E-state index in [-0.39, 0.29) is 18.2 Å². The third-order valence-electron chi connectivity index (χ3n) is 4.44. The van der Waals surface area contributed by atoms with Crippen molar-refractivity contribution in [3.8, 4) is 0 Å². The molecule has 1 aromatic carbocycles. The van der Waals surface area contributed by atoms with Crippen molar-refractivity contribution in [2.24, 2.45) is 16.9 Å². The van der Waals surface area contributed by atoms with Crippen LogP contribution in [0.25, 0.3) is 0 Å². The molecule has 2 rings (SSSR count). The average Bonchev–Trinajstić information content (AvgIpc) is 2.58. The molecule has 0 bridgehead atoms. The Labute approximate surface area is 178 Å². The van der Waals surface area contributed by atoms with Crippen LogP contribution in [0.2, 0.25) is 0 Å². The van der Waals surface area contributed by atoms with E-state index in [4.69, 9.17) is 9.47 Å². The number of carbonyl (C=O) groups is 3. The standard InChI is InChI=1S/C23H32N2O5/c1-15-17(13-16-11-9-8-10-12-16)20(27)25(14-18(26)29-22(2,3)4)24-19(15)21(28)30-23(5,6)7/h8-12,15,17H,13-14H2,1-7H3/t15-,17+/m0/s1. The molecule has 30 heavy (non-hydrogen) atoms. The van der Waals surface area contributed by atoms with Crippen LogP contribution in [0.3, 0.4) is 0 Å². The van der Waals surface area contributed by atoms with Gasteiger partial charge in [0.05, 0.1) is 5.92 Å². The van der Waals surface area contributed by atoms with Crippen molar-refractivity contribution in [1.82, 2.24) is 5.01 Å². The third-order valence-corrected chi connectivity index (χ3v) is 4.44. The molecule has 7 heteroatoms. The maximum Gasteiger partial charge on any atom is 0.355 e. The van der Waals surface area contributed by atoms with Gasteiger partial charge in [0.2, 0.25) is 5.91 Å². The Morgan fingerprint density at radius 2 is 1.57 bits per heavy atom. The Morgan fingerprint density at radius 3 is 2.10 bits per heavy atom. The van der Waals surface area contributed by atoms with Crippen molar-refractivity contribution < 1.29 is 23.9 Å². The zero-order valence-corrected chi connectivity index (χ0v) is 18.9. The van der Waals surface area contributed by atoms with E-state index < -0.39 is 35.0 Å². The fraction of sp³-hybridized carbons (Fsp3) is 0.565. The summed E-state index contributed by atoms with van der Waals surface area (Å²) in [4.78, 5) is 38.3. The number of rotatable bonds is 5. The third kappa shape index (κ3) is 6.68. The monoisotopic (exact) mass is 416 g/mol. The van der Waals surface area contributed by atoms with Gasteiger partial charge in [-0.25, -0.2) is 9.80 Å². The molecule has 1 heterocycles. The van der Waals surface area contributed by atoms with Crippen molar-refractivity contribution in [2.75, 3.05) is 6.54 Å². The maximum absolute atomic E-state index is 13.2. The van der Waals surface area contributed by atoms with E-state index >= 15 is 0 Å². The highest BCUT2D eigenvalue weighted by molar-refractivity contribution is 6.38. The summed E-state index contributed by atoms with van der Waals surface area (Å²) in [7, 11) is 0. The summed E-state index contributed by atoms with van der Waals surface area (Å²) in [5, 5.41) is 5.26. The molecule has 0 radical (unpaired) electrons. The molecule has 1 amide bonds. The van der Waals surface area contributed by atoms with E-state index in [2.05, 4.69) is 5.10 Å². The zero-order valence-electron chi connectivity index (χ0n) is 18.9. The molecule has 1 aromatic rings. The molecule has 164 valence electrons. The Balaban J connectivity index is 2.34. The Bertz CT molecular complexity index is 818. The van der Waals surface area contributed by atoms with Crippen LogP contribution >= 0.6 is 0 Å². The van der Waals surface area contributed by atoms with E-state index in [0.29, 0.717) is 6.42 Å². The van der Waals surface area contributed by atoms with E-state index in [1.807, 2.05) is 30.3 Å². The van der Waals surface area contributed by atoms with Gasteiger partial charge in [0, 0.05) is 5.92 Å². The lowest BCUT2D eigenvalue weighted by Gasteiger charge is -2.34. The largest absolute Gasteiger partial charge is 0.459 e. The number of hydrogen-bond acceptors (Lipinski definition) is 6. The second kappa shape index (κ2) is 8.98. The predicted octanol–water partition coefficient (Wildman–Crippen LogP) is 3.36. The van der Waals surface area contributed by atoms with Crippen LogP contribution in [0.15, 0.2) is 35.4 Å². The summed E-state index contributed by atoms with van der Waals surface area (Å²) in [6, 6.07) is 9.55. The molecule has 1 aliphatic heterocycles. The van der Waals surface area contributed by atoms with Crippen molar-refractivity contribution in [1.29, 1.82) is 0 Å². The molecule has 0 aromatic heterocycles. The smallest absolute Gasteiger partial charge is 0.355 e. The number of hydrogen-bond donors (Lipinski definition) is 0. The highest BCUT2D eigenvalue weighted by atomic mass is 16.6. The van der Waals surface area contributed by atoms with Gasteiger partial charge >= 0.3 is 11.9 Å². The van der Waals surface area contributed by atoms with Gasteiger partial charge in [0.15, 0.2) is 0 Å². The summed E-state index contributed by atoms with van der Waals surface area (Å²) < 4.78 is 10.8. The van der Waals surface area contributed by atoms with Gasteiger partial charge in [-0.05, 0) is 53.5 Å². The van der Waals surface area contributed by atoms with Gasteiger partial charge in [-0.3, -0.25) is 9.59 Å². The quantitative estimate of drug-likeness (QED) is 0.687. The minimum absolute atomic E-state index is 0.133. The van der Waals surface area contributed by atoms with E-state index in [1.54, 1.807) is 48.5 Å². The van der Waals surface area contributed by atoms with Crippen molar-refractivity contribution in [2.45, 2.75) is 66.1 Å². The highest BCUT2D eigenvalue weighted by Gasteiger charge is 2.42. The first kappa shape index (κ1) is 23.6. The van der Waals surface area contributed by atoms with Crippen LogP contribution in [-0.4, -0.2) is 46.3 Å². The zero-order chi connectivity index (χ0) is 22.7. The molecular weight excluding hydrogens is 384 g/mol. The van der Waals surface area contributed by atoms with Crippen LogP contribution in [0, 0.1) is 11.8 Å². The van der Waals surface area contributed by atoms with Gasteiger partial charge in [-0.1, -0.05) is 37.3 Å². The average molecular weight is 417 g/mol. The van der Waals surface area contributed by atoms with Crippen LogP contribution < -0.4 is 0 Å². The topological polar surface area (TPSA) is 85.3 Å². The predicted molar refractivity (Wildman–Crippen MR) is 114 cm³/mol. The molecule has 0 aliphatic carbocycles. The first-order valence-electron chi connectivity index (χ1n) is 10.2.